The molecule has 0 nitrogen and oxygen atoms in total. The molecular formula is C10H6F4S. The van der Waals surface area contributed by atoms with E-state index in [4.69, 9.17) is 0 Å². The Bertz CT molecular complexity index is 412. The summed E-state index contributed by atoms with van der Waals surface area (Å²) in [6.07, 6.45) is -4.52. The van der Waals surface area contributed by atoms with Crippen LogP contribution in [-0.4, -0.2) is 5.75 Å². The van der Waals surface area contributed by atoms with Gasteiger partial charge in [0.15, 0.2) is 0 Å². The van der Waals surface area contributed by atoms with Gasteiger partial charge in [0, 0.05) is 5.56 Å². The van der Waals surface area contributed by atoms with Crippen LogP contribution in [0.5, 0.6) is 0 Å². The number of thiol groups is 1. The topological polar surface area (TPSA) is 0 Å². The predicted octanol–water partition coefficient (Wildman–Crippen LogP) is 3.13. The molecule has 0 aliphatic rings. The Morgan fingerprint density at radius 1 is 1.27 bits per heavy atom. The summed E-state index contributed by atoms with van der Waals surface area (Å²) in [5, 5.41) is 0. The van der Waals surface area contributed by atoms with Crippen LogP contribution in [0.4, 0.5) is 17.6 Å². The summed E-state index contributed by atoms with van der Waals surface area (Å²) in [6.45, 7) is 0. The number of rotatable bonds is 0. The second kappa shape index (κ2) is 4.58. The van der Waals surface area contributed by atoms with Crippen molar-refractivity contribution in [2.75, 3.05) is 5.75 Å². The lowest BCUT2D eigenvalue weighted by atomic mass is 10.1. The fourth-order valence-electron chi connectivity index (χ4n) is 1.00. The van der Waals surface area contributed by atoms with Crippen LogP contribution in [0.25, 0.3) is 0 Å². The largest absolute Gasteiger partial charge is 0.417 e. The van der Waals surface area contributed by atoms with Gasteiger partial charge < -0.3 is 0 Å². The Kier molecular flexibility index (Phi) is 3.64. The zero-order valence-corrected chi connectivity index (χ0v) is 8.29. The lowest BCUT2D eigenvalue weighted by Gasteiger charge is -2.08. The highest BCUT2D eigenvalue weighted by Gasteiger charge is 2.33. The van der Waals surface area contributed by atoms with Gasteiger partial charge in [0.1, 0.15) is 5.82 Å². The van der Waals surface area contributed by atoms with E-state index in [1.807, 2.05) is 0 Å². The lowest BCUT2D eigenvalue weighted by Crippen LogP contribution is -2.07. The quantitative estimate of drug-likeness (QED) is 0.398. The highest BCUT2D eigenvalue weighted by molar-refractivity contribution is 7.80. The van der Waals surface area contributed by atoms with Crippen molar-refractivity contribution in [3.05, 3.63) is 35.1 Å². The van der Waals surface area contributed by atoms with Gasteiger partial charge in [-0.1, -0.05) is 11.8 Å². The molecule has 0 aliphatic carbocycles. The van der Waals surface area contributed by atoms with E-state index >= 15 is 0 Å². The Morgan fingerprint density at radius 2 is 1.93 bits per heavy atom. The number of halogens is 4. The molecule has 0 saturated heterocycles. The monoisotopic (exact) mass is 234 g/mol. The number of benzene rings is 1. The van der Waals surface area contributed by atoms with Gasteiger partial charge in [-0.3, -0.25) is 0 Å². The standard InChI is InChI=1S/C10H6F4S/c11-8-3-4-9(10(12,13)14)7(6-8)2-1-5-15/h3-4,6,15H,5H2. The lowest BCUT2D eigenvalue weighted by molar-refractivity contribution is -0.137. The van der Waals surface area contributed by atoms with E-state index in [2.05, 4.69) is 24.5 Å². The molecule has 80 valence electrons. The third-order valence-corrected chi connectivity index (χ3v) is 1.75. The fourth-order valence-corrected chi connectivity index (χ4v) is 1.08. The van der Waals surface area contributed by atoms with E-state index in [1.54, 1.807) is 0 Å². The van der Waals surface area contributed by atoms with Crippen molar-refractivity contribution < 1.29 is 17.6 Å². The van der Waals surface area contributed by atoms with Crippen LogP contribution >= 0.6 is 12.6 Å². The molecule has 0 amide bonds. The van der Waals surface area contributed by atoms with Gasteiger partial charge in [0.25, 0.3) is 0 Å². The van der Waals surface area contributed by atoms with Crippen LogP contribution in [0.3, 0.4) is 0 Å². The van der Waals surface area contributed by atoms with Gasteiger partial charge >= 0.3 is 6.18 Å². The average Bonchev–Trinajstić information content (AvgIpc) is 2.12. The first-order chi connectivity index (χ1) is 6.95. The number of hydrogen-bond donors (Lipinski definition) is 1. The molecule has 0 unspecified atom stereocenters. The van der Waals surface area contributed by atoms with Crippen molar-refractivity contribution in [1.29, 1.82) is 0 Å². The van der Waals surface area contributed by atoms with E-state index in [0.717, 1.165) is 12.1 Å². The van der Waals surface area contributed by atoms with Crippen molar-refractivity contribution in [1.82, 2.24) is 0 Å². The zero-order chi connectivity index (χ0) is 11.5. The highest BCUT2D eigenvalue weighted by Crippen LogP contribution is 2.31. The fraction of sp³-hybridized carbons (Fsp3) is 0.200. The van der Waals surface area contributed by atoms with Gasteiger partial charge in [0.2, 0.25) is 0 Å². The van der Waals surface area contributed by atoms with Crippen molar-refractivity contribution in [2.24, 2.45) is 0 Å². The van der Waals surface area contributed by atoms with Crippen LogP contribution in [-0.2, 0) is 6.18 Å². The molecule has 0 fully saturated rings. The molecule has 0 aliphatic heterocycles. The summed E-state index contributed by atoms with van der Waals surface area (Å²) in [5.41, 5.74) is -1.30. The molecule has 1 aromatic rings. The maximum Gasteiger partial charge on any atom is 0.417 e. The molecule has 0 atom stereocenters. The molecule has 0 radical (unpaired) electrons. The summed E-state index contributed by atoms with van der Waals surface area (Å²) in [6, 6.07) is 2.20. The Balaban J connectivity index is 3.27. The smallest absolute Gasteiger partial charge is 0.207 e. The molecule has 0 heterocycles. The predicted molar refractivity (Wildman–Crippen MR) is 52.1 cm³/mol. The minimum atomic E-state index is -4.52. The van der Waals surface area contributed by atoms with Crippen LogP contribution in [0, 0.1) is 17.7 Å². The summed E-state index contributed by atoms with van der Waals surface area (Å²) in [4.78, 5) is 0. The molecule has 0 bridgehead atoms. The minimum Gasteiger partial charge on any atom is -0.207 e. The Hall–Kier alpha value is -1.15. The van der Waals surface area contributed by atoms with Gasteiger partial charge in [-0.2, -0.15) is 25.8 Å². The van der Waals surface area contributed by atoms with Crippen LogP contribution in [0.15, 0.2) is 18.2 Å². The summed E-state index contributed by atoms with van der Waals surface area (Å²) >= 11 is 3.73. The molecule has 0 saturated carbocycles. The van der Waals surface area contributed by atoms with Gasteiger partial charge in [0.05, 0.1) is 11.3 Å². The molecule has 1 rings (SSSR count). The van der Waals surface area contributed by atoms with E-state index in [-0.39, 0.29) is 11.3 Å². The third kappa shape index (κ3) is 3.17. The van der Waals surface area contributed by atoms with E-state index in [1.165, 1.54) is 0 Å². The van der Waals surface area contributed by atoms with Gasteiger partial charge in [-0.15, -0.1) is 0 Å². The Morgan fingerprint density at radius 3 is 2.47 bits per heavy atom. The van der Waals surface area contributed by atoms with Crippen LogP contribution in [0.2, 0.25) is 0 Å². The molecule has 0 N–H and O–H groups in total. The number of hydrogen-bond acceptors (Lipinski definition) is 1. The second-order valence-corrected chi connectivity index (χ2v) is 2.96. The molecule has 0 spiro atoms. The SMILES string of the molecule is Fc1ccc(C(F)(F)F)c(C#CCS)c1. The summed E-state index contributed by atoms with van der Waals surface area (Å²) in [7, 11) is 0. The van der Waals surface area contributed by atoms with Gasteiger partial charge in [-0.25, -0.2) is 4.39 Å². The van der Waals surface area contributed by atoms with Crippen LogP contribution in [0.1, 0.15) is 11.1 Å². The maximum atomic E-state index is 12.7. The zero-order valence-electron chi connectivity index (χ0n) is 7.40. The van der Waals surface area contributed by atoms with Crippen molar-refractivity contribution in [3.63, 3.8) is 0 Å². The van der Waals surface area contributed by atoms with Crippen LogP contribution < -0.4 is 0 Å². The molecule has 0 aromatic heterocycles. The maximum absolute atomic E-state index is 12.7. The van der Waals surface area contributed by atoms with Crippen molar-refractivity contribution in [3.8, 4) is 11.8 Å². The molecule has 5 heteroatoms. The van der Waals surface area contributed by atoms with E-state index < -0.39 is 17.6 Å². The van der Waals surface area contributed by atoms with Gasteiger partial charge in [-0.05, 0) is 18.2 Å². The first-order valence-corrected chi connectivity index (χ1v) is 4.55. The Labute approximate surface area is 89.7 Å². The summed E-state index contributed by atoms with van der Waals surface area (Å²) in [5.74, 6) is 3.95. The highest BCUT2D eigenvalue weighted by atomic mass is 32.1. The van der Waals surface area contributed by atoms with Crippen molar-refractivity contribution >= 4 is 12.6 Å². The van der Waals surface area contributed by atoms with E-state index in [9.17, 15) is 17.6 Å². The molecular weight excluding hydrogens is 228 g/mol. The normalized spacial score (nSPS) is 10.7. The third-order valence-electron chi connectivity index (χ3n) is 1.59. The minimum absolute atomic E-state index is 0.119. The van der Waals surface area contributed by atoms with Crippen molar-refractivity contribution in [2.45, 2.75) is 6.18 Å². The molecule has 1 aromatic carbocycles. The molecule has 15 heavy (non-hydrogen) atoms. The first-order valence-electron chi connectivity index (χ1n) is 3.91. The average molecular weight is 234 g/mol. The number of alkyl halides is 3. The second-order valence-electron chi connectivity index (χ2n) is 2.65. The van der Waals surface area contributed by atoms with E-state index in [0.29, 0.717) is 6.07 Å². The first kappa shape index (κ1) is 11.9. The summed E-state index contributed by atoms with van der Waals surface area (Å²) < 4.78 is 49.9.